The normalized spacial score (nSPS) is 10.0. The van der Waals surface area contributed by atoms with Crippen LogP contribution in [0.1, 0.15) is 11.1 Å². The molecule has 0 radical (unpaired) electrons. The number of nitrogens with two attached hydrogens (primary N) is 2. The summed E-state index contributed by atoms with van der Waals surface area (Å²) >= 11 is 0. The third kappa shape index (κ3) is 1.43. The maximum Gasteiger partial charge on any atom is 0.141 e. The number of aryl methyl sites for hydroxylation is 1. The molecule has 0 unspecified atom stereocenters. The van der Waals surface area contributed by atoms with Gasteiger partial charge >= 0.3 is 0 Å². The fraction of sp³-hybridized carbons (Fsp3) is 0.250. The second-order valence-corrected chi connectivity index (χ2v) is 2.55. The Labute approximate surface area is 65.6 Å². The second-order valence-electron chi connectivity index (χ2n) is 2.55. The van der Waals surface area contributed by atoms with Crippen molar-refractivity contribution in [3.05, 3.63) is 23.3 Å². The van der Waals surface area contributed by atoms with Crippen molar-refractivity contribution in [1.29, 1.82) is 0 Å². The average molecular weight is 152 g/mol. The van der Waals surface area contributed by atoms with Crippen LogP contribution in [-0.2, 0) is 6.54 Å². The molecular formula is C8H12N2O. The fourth-order valence-corrected chi connectivity index (χ4v) is 1.00. The van der Waals surface area contributed by atoms with Gasteiger partial charge in [-0.1, -0.05) is 6.07 Å². The third-order valence-corrected chi connectivity index (χ3v) is 1.63. The standard InChI is InChI=1S/C8H12N2O/c1-5-2-6(4-9)3-7(10)8(5)11/h2-3,11H,4,9-10H2,1H3. The number of anilines is 1. The summed E-state index contributed by atoms with van der Waals surface area (Å²) in [5.41, 5.74) is 13.0. The van der Waals surface area contributed by atoms with E-state index in [1.165, 1.54) is 0 Å². The summed E-state index contributed by atoms with van der Waals surface area (Å²) in [6, 6.07) is 3.51. The molecule has 0 atom stereocenters. The third-order valence-electron chi connectivity index (χ3n) is 1.63. The molecule has 1 aromatic rings. The first-order valence-corrected chi connectivity index (χ1v) is 3.43. The van der Waals surface area contributed by atoms with Gasteiger partial charge in [-0.3, -0.25) is 0 Å². The molecule has 0 amide bonds. The van der Waals surface area contributed by atoms with Crippen LogP contribution in [0.25, 0.3) is 0 Å². The van der Waals surface area contributed by atoms with Crippen LogP contribution < -0.4 is 11.5 Å². The number of aromatic hydroxyl groups is 1. The molecular weight excluding hydrogens is 140 g/mol. The molecule has 0 spiro atoms. The molecule has 5 N–H and O–H groups in total. The minimum absolute atomic E-state index is 0.155. The highest BCUT2D eigenvalue weighted by atomic mass is 16.3. The lowest BCUT2D eigenvalue weighted by Crippen LogP contribution is -1.98. The fourth-order valence-electron chi connectivity index (χ4n) is 1.00. The Morgan fingerprint density at radius 3 is 2.55 bits per heavy atom. The molecule has 0 heterocycles. The lowest BCUT2D eigenvalue weighted by atomic mass is 10.1. The highest BCUT2D eigenvalue weighted by molar-refractivity contribution is 5.57. The lowest BCUT2D eigenvalue weighted by Gasteiger charge is -2.04. The summed E-state index contributed by atoms with van der Waals surface area (Å²) in [4.78, 5) is 0. The summed E-state index contributed by atoms with van der Waals surface area (Å²) in [6.45, 7) is 2.25. The van der Waals surface area contributed by atoms with Crippen molar-refractivity contribution in [3.63, 3.8) is 0 Å². The number of phenolic OH excluding ortho intramolecular Hbond substituents is 1. The molecule has 1 aromatic carbocycles. The molecule has 11 heavy (non-hydrogen) atoms. The van der Waals surface area contributed by atoms with E-state index in [0.29, 0.717) is 12.2 Å². The molecule has 0 saturated heterocycles. The first-order valence-electron chi connectivity index (χ1n) is 3.43. The molecule has 0 aliphatic rings. The second kappa shape index (κ2) is 2.80. The Kier molecular flexibility index (Phi) is 2.01. The van der Waals surface area contributed by atoms with E-state index in [1.54, 1.807) is 13.0 Å². The molecule has 3 heteroatoms. The SMILES string of the molecule is Cc1cc(CN)cc(N)c1O. The van der Waals surface area contributed by atoms with Crippen molar-refractivity contribution in [3.8, 4) is 5.75 Å². The molecule has 0 saturated carbocycles. The van der Waals surface area contributed by atoms with Crippen LogP contribution in [0.4, 0.5) is 5.69 Å². The molecule has 0 aliphatic carbocycles. The van der Waals surface area contributed by atoms with E-state index in [-0.39, 0.29) is 5.75 Å². The van der Waals surface area contributed by atoms with Crippen LogP contribution in [0.5, 0.6) is 5.75 Å². The first-order chi connectivity index (χ1) is 5.15. The van der Waals surface area contributed by atoms with E-state index < -0.39 is 0 Å². The number of rotatable bonds is 1. The Bertz CT molecular complexity index is 248. The van der Waals surface area contributed by atoms with Crippen LogP contribution in [0, 0.1) is 6.92 Å². The number of nitrogen functional groups attached to an aromatic ring is 1. The zero-order valence-electron chi connectivity index (χ0n) is 6.46. The molecule has 60 valence electrons. The lowest BCUT2D eigenvalue weighted by molar-refractivity contribution is 0.473. The topological polar surface area (TPSA) is 72.3 Å². The quantitative estimate of drug-likeness (QED) is 0.410. The van der Waals surface area contributed by atoms with Crippen LogP contribution in [-0.4, -0.2) is 5.11 Å². The van der Waals surface area contributed by atoms with Gasteiger partial charge in [0.05, 0.1) is 5.69 Å². The minimum Gasteiger partial charge on any atom is -0.506 e. The molecule has 0 aromatic heterocycles. The van der Waals surface area contributed by atoms with E-state index in [9.17, 15) is 5.11 Å². The summed E-state index contributed by atoms with van der Waals surface area (Å²) in [5.74, 6) is 0.155. The van der Waals surface area contributed by atoms with E-state index in [1.807, 2.05) is 6.07 Å². The summed E-state index contributed by atoms with van der Waals surface area (Å²) < 4.78 is 0. The van der Waals surface area contributed by atoms with Crippen LogP contribution in [0.2, 0.25) is 0 Å². The summed E-state index contributed by atoms with van der Waals surface area (Å²) in [5, 5.41) is 9.26. The van der Waals surface area contributed by atoms with Gasteiger partial charge < -0.3 is 16.6 Å². The van der Waals surface area contributed by atoms with Crippen LogP contribution in [0.3, 0.4) is 0 Å². The van der Waals surface area contributed by atoms with Gasteiger partial charge in [0, 0.05) is 6.54 Å². The van der Waals surface area contributed by atoms with E-state index >= 15 is 0 Å². The number of phenols is 1. The molecule has 0 bridgehead atoms. The van der Waals surface area contributed by atoms with Crippen LogP contribution >= 0.6 is 0 Å². The molecule has 0 fully saturated rings. The monoisotopic (exact) mass is 152 g/mol. The predicted octanol–water partition coefficient (Wildman–Crippen LogP) is 0.742. The maximum atomic E-state index is 9.26. The Morgan fingerprint density at radius 1 is 1.45 bits per heavy atom. The zero-order valence-corrected chi connectivity index (χ0v) is 6.46. The van der Waals surface area contributed by atoms with E-state index in [4.69, 9.17) is 11.5 Å². The van der Waals surface area contributed by atoms with Crippen LogP contribution in [0.15, 0.2) is 12.1 Å². The predicted molar refractivity (Wildman–Crippen MR) is 45.1 cm³/mol. The van der Waals surface area contributed by atoms with Gasteiger partial charge in [0.25, 0.3) is 0 Å². The molecule has 1 rings (SSSR count). The molecule has 0 aliphatic heterocycles. The van der Waals surface area contributed by atoms with Crippen molar-refractivity contribution in [2.24, 2.45) is 5.73 Å². The summed E-state index contributed by atoms with van der Waals surface area (Å²) in [7, 11) is 0. The van der Waals surface area contributed by atoms with Crippen molar-refractivity contribution >= 4 is 5.69 Å². The minimum atomic E-state index is 0.155. The Hall–Kier alpha value is -1.22. The van der Waals surface area contributed by atoms with E-state index in [2.05, 4.69) is 0 Å². The van der Waals surface area contributed by atoms with Gasteiger partial charge in [0.15, 0.2) is 0 Å². The van der Waals surface area contributed by atoms with Gasteiger partial charge in [0.2, 0.25) is 0 Å². The average Bonchev–Trinajstić information content (AvgIpc) is 1.99. The smallest absolute Gasteiger partial charge is 0.141 e. The van der Waals surface area contributed by atoms with Crippen molar-refractivity contribution < 1.29 is 5.11 Å². The van der Waals surface area contributed by atoms with Crippen molar-refractivity contribution in [2.75, 3.05) is 5.73 Å². The molecule has 3 nitrogen and oxygen atoms in total. The van der Waals surface area contributed by atoms with Crippen molar-refractivity contribution in [1.82, 2.24) is 0 Å². The van der Waals surface area contributed by atoms with Gasteiger partial charge in [-0.2, -0.15) is 0 Å². The number of hydrogen-bond donors (Lipinski definition) is 3. The van der Waals surface area contributed by atoms with Gasteiger partial charge in [0.1, 0.15) is 5.75 Å². The number of benzene rings is 1. The Balaban J connectivity index is 3.21. The Morgan fingerprint density at radius 2 is 2.09 bits per heavy atom. The van der Waals surface area contributed by atoms with E-state index in [0.717, 1.165) is 11.1 Å². The zero-order chi connectivity index (χ0) is 8.43. The highest BCUT2D eigenvalue weighted by Crippen LogP contribution is 2.25. The maximum absolute atomic E-state index is 9.26. The van der Waals surface area contributed by atoms with Gasteiger partial charge in [-0.05, 0) is 24.1 Å². The van der Waals surface area contributed by atoms with Gasteiger partial charge in [-0.15, -0.1) is 0 Å². The largest absolute Gasteiger partial charge is 0.506 e. The van der Waals surface area contributed by atoms with Crippen molar-refractivity contribution in [2.45, 2.75) is 13.5 Å². The number of hydrogen-bond acceptors (Lipinski definition) is 3. The van der Waals surface area contributed by atoms with Gasteiger partial charge in [-0.25, -0.2) is 0 Å². The highest BCUT2D eigenvalue weighted by Gasteiger charge is 2.01. The summed E-state index contributed by atoms with van der Waals surface area (Å²) in [6.07, 6.45) is 0. The first kappa shape index (κ1) is 7.88.